The van der Waals surface area contributed by atoms with Crippen LogP contribution in [-0.2, 0) is 5.54 Å². The molecule has 2 aromatic carbocycles. The zero-order valence-corrected chi connectivity index (χ0v) is 20.3. The monoisotopic (exact) mass is 474 g/mol. The summed E-state index contributed by atoms with van der Waals surface area (Å²) in [4.78, 5) is 5.19. The number of rotatable bonds is 4. The van der Waals surface area contributed by atoms with E-state index in [1.165, 1.54) is 24.8 Å². The van der Waals surface area contributed by atoms with Gasteiger partial charge in [-0.1, -0.05) is 61.0 Å². The standard InChI is InChI=1S/C30H30N6/c31-30(15-6-16-30)22-12-10-21(11-13-22)27-23(20-7-2-1-3-8-20)19-24-25(33-27)14-18-36-28(24)34-35-29(36)26-9-4-5-17-32-26/h1-3,7-8,10-14,18-19,26,32H,4-6,9,15-17,31H2. The fourth-order valence-corrected chi connectivity index (χ4v) is 5.79. The Hall–Kier alpha value is -3.61. The van der Waals surface area contributed by atoms with E-state index in [9.17, 15) is 0 Å². The highest BCUT2D eigenvalue weighted by Crippen LogP contribution is 2.40. The van der Waals surface area contributed by atoms with Gasteiger partial charge in [0.15, 0.2) is 11.5 Å². The number of hydrogen-bond donors (Lipinski definition) is 2. The summed E-state index contributed by atoms with van der Waals surface area (Å²) in [6.07, 6.45) is 8.92. The molecule has 0 bridgehead atoms. The molecule has 0 spiro atoms. The van der Waals surface area contributed by atoms with Crippen molar-refractivity contribution in [3.05, 3.63) is 84.3 Å². The van der Waals surface area contributed by atoms with Crippen molar-refractivity contribution >= 4 is 16.6 Å². The number of nitrogens with two attached hydrogens (primary N) is 1. The van der Waals surface area contributed by atoms with E-state index in [4.69, 9.17) is 10.7 Å². The van der Waals surface area contributed by atoms with Crippen molar-refractivity contribution in [2.45, 2.75) is 50.1 Å². The van der Waals surface area contributed by atoms with E-state index in [-0.39, 0.29) is 11.6 Å². The maximum atomic E-state index is 6.58. The number of fused-ring (bicyclic) bond motifs is 3. The van der Waals surface area contributed by atoms with Gasteiger partial charge < -0.3 is 11.1 Å². The summed E-state index contributed by atoms with van der Waals surface area (Å²) in [5.41, 5.74) is 13.7. The van der Waals surface area contributed by atoms with Gasteiger partial charge in [0, 0.05) is 28.2 Å². The Bertz CT molecular complexity index is 1540. The van der Waals surface area contributed by atoms with Crippen LogP contribution in [0.15, 0.2) is 72.9 Å². The van der Waals surface area contributed by atoms with Crippen molar-refractivity contribution in [1.29, 1.82) is 0 Å². The molecule has 1 aliphatic carbocycles. The minimum Gasteiger partial charge on any atom is -0.321 e. The summed E-state index contributed by atoms with van der Waals surface area (Å²) in [5, 5.41) is 13.9. The van der Waals surface area contributed by atoms with Crippen molar-refractivity contribution in [3.8, 4) is 22.4 Å². The molecule has 3 N–H and O–H groups in total. The first kappa shape index (κ1) is 21.7. The van der Waals surface area contributed by atoms with Crippen LogP contribution < -0.4 is 11.1 Å². The fraction of sp³-hybridized carbons (Fsp3) is 0.300. The Kier molecular flexibility index (Phi) is 5.11. The molecule has 1 unspecified atom stereocenters. The second kappa shape index (κ2) is 8.50. The topological polar surface area (TPSA) is 81.1 Å². The fourth-order valence-electron chi connectivity index (χ4n) is 5.79. The van der Waals surface area contributed by atoms with E-state index in [0.717, 1.165) is 70.6 Å². The second-order valence-corrected chi connectivity index (χ2v) is 10.3. The van der Waals surface area contributed by atoms with Crippen molar-refractivity contribution in [3.63, 3.8) is 0 Å². The van der Waals surface area contributed by atoms with E-state index < -0.39 is 0 Å². The Morgan fingerprint density at radius 2 is 1.72 bits per heavy atom. The van der Waals surface area contributed by atoms with E-state index in [1.807, 2.05) is 6.07 Å². The van der Waals surface area contributed by atoms with E-state index in [0.29, 0.717) is 0 Å². The highest BCUT2D eigenvalue weighted by molar-refractivity contribution is 5.98. The molecule has 3 aromatic heterocycles. The van der Waals surface area contributed by atoms with Crippen LogP contribution in [0.25, 0.3) is 38.9 Å². The second-order valence-electron chi connectivity index (χ2n) is 10.3. The molecule has 7 rings (SSSR count). The molecule has 6 heteroatoms. The van der Waals surface area contributed by atoms with Gasteiger partial charge >= 0.3 is 0 Å². The summed E-state index contributed by atoms with van der Waals surface area (Å²) in [6, 6.07) is 23.8. The Labute approximate surface area is 210 Å². The smallest absolute Gasteiger partial charge is 0.170 e. The zero-order valence-electron chi connectivity index (χ0n) is 20.3. The van der Waals surface area contributed by atoms with Crippen LogP contribution in [0.2, 0.25) is 0 Å². The average Bonchev–Trinajstić information content (AvgIpc) is 3.37. The van der Waals surface area contributed by atoms with Crippen LogP contribution in [0.1, 0.15) is 56.0 Å². The molecule has 4 heterocycles. The van der Waals surface area contributed by atoms with Crippen LogP contribution in [0.5, 0.6) is 0 Å². The minimum atomic E-state index is -0.165. The molecule has 180 valence electrons. The van der Waals surface area contributed by atoms with E-state index in [1.54, 1.807) is 0 Å². The third-order valence-corrected chi connectivity index (χ3v) is 8.08. The molecule has 2 aliphatic rings. The van der Waals surface area contributed by atoms with Gasteiger partial charge in [0.05, 0.1) is 17.3 Å². The number of hydrogen-bond acceptors (Lipinski definition) is 5. The predicted molar refractivity (Wildman–Crippen MR) is 143 cm³/mol. The Morgan fingerprint density at radius 1 is 0.889 bits per heavy atom. The van der Waals surface area contributed by atoms with Gasteiger partial charge in [-0.15, -0.1) is 10.2 Å². The molecule has 36 heavy (non-hydrogen) atoms. The van der Waals surface area contributed by atoms with Gasteiger partial charge in [-0.25, -0.2) is 4.98 Å². The van der Waals surface area contributed by atoms with Crippen molar-refractivity contribution in [2.75, 3.05) is 6.54 Å². The molecular formula is C30H30N6. The molecule has 1 saturated heterocycles. The molecular weight excluding hydrogens is 444 g/mol. The van der Waals surface area contributed by atoms with Crippen LogP contribution in [-0.4, -0.2) is 26.1 Å². The summed E-state index contributed by atoms with van der Waals surface area (Å²) in [7, 11) is 0. The first-order valence-corrected chi connectivity index (χ1v) is 13.1. The third kappa shape index (κ3) is 3.52. The molecule has 2 fully saturated rings. The molecule has 0 radical (unpaired) electrons. The summed E-state index contributed by atoms with van der Waals surface area (Å²) < 4.78 is 2.13. The normalized spacial score (nSPS) is 19.4. The van der Waals surface area contributed by atoms with Crippen molar-refractivity contribution < 1.29 is 0 Å². The quantitative estimate of drug-likeness (QED) is 0.346. The third-order valence-electron chi connectivity index (χ3n) is 8.08. The lowest BCUT2D eigenvalue weighted by molar-refractivity contribution is 0.253. The van der Waals surface area contributed by atoms with Gasteiger partial charge in [0.25, 0.3) is 0 Å². The first-order valence-electron chi connectivity index (χ1n) is 13.1. The van der Waals surface area contributed by atoms with Crippen molar-refractivity contribution in [1.82, 2.24) is 24.9 Å². The van der Waals surface area contributed by atoms with E-state index in [2.05, 4.69) is 86.8 Å². The lowest BCUT2D eigenvalue weighted by Crippen LogP contribution is -2.43. The lowest BCUT2D eigenvalue weighted by atomic mass is 9.72. The number of nitrogens with one attached hydrogen (secondary N) is 1. The van der Waals surface area contributed by atoms with Gasteiger partial charge in [-0.05, 0) is 61.9 Å². The van der Waals surface area contributed by atoms with Gasteiger partial charge in [-0.3, -0.25) is 4.40 Å². The Morgan fingerprint density at radius 3 is 2.44 bits per heavy atom. The zero-order chi connectivity index (χ0) is 24.1. The predicted octanol–water partition coefficient (Wildman–Crippen LogP) is 5.76. The molecule has 1 atom stereocenters. The molecule has 0 amide bonds. The van der Waals surface area contributed by atoms with Crippen LogP contribution in [0, 0.1) is 0 Å². The maximum Gasteiger partial charge on any atom is 0.170 e. The Balaban J connectivity index is 1.39. The maximum absolute atomic E-state index is 6.58. The summed E-state index contributed by atoms with van der Waals surface area (Å²) in [5.74, 6) is 0.985. The molecule has 1 aliphatic heterocycles. The molecule has 5 aromatic rings. The lowest BCUT2D eigenvalue weighted by Gasteiger charge is -2.38. The van der Waals surface area contributed by atoms with Gasteiger partial charge in [0.2, 0.25) is 0 Å². The number of benzene rings is 2. The SMILES string of the molecule is NC1(c2ccc(-c3nc4ccn5c(C6CCCCN6)nnc5c4cc3-c3ccccc3)cc2)CCC1. The van der Waals surface area contributed by atoms with E-state index >= 15 is 0 Å². The van der Waals surface area contributed by atoms with Crippen molar-refractivity contribution in [2.24, 2.45) is 5.73 Å². The highest BCUT2D eigenvalue weighted by atomic mass is 15.3. The summed E-state index contributed by atoms with van der Waals surface area (Å²) in [6.45, 7) is 1.03. The number of aromatic nitrogens is 4. The van der Waals surface area contributed by atoms with Crippen LogP contribution in [0.3, 0.4) is 0 Å². The average molecular weight is 475 g/mol. The highest BCUT2D eigenvalue weighted by Gasteiger charge is 2.34. The van der Waals surface area contributed by atoms with Crippen LogP contribution >= 0.6 is 0 Å². The molecule has 6 nitrogen and oxygen atoms in total. The first-order chi connectivity index (χ1) is 17.7. The minimum absolute atomic E-state index is 0.165. The number of nitrogens with zero attached hydrogens (tertiary/aromatic N) is 4. The largest absolute Gasteiger partial charge is 0.321 e. The van der Waals surface area contributed by atoms with Gasteiger partial charge in [0.1, 0.15) is 0 Å². The summed E-state index contributed by atoms with van der Waals surface area (Å²) >= 11 is 0. The molecule has 1 saturated carbocycles. The van der Waals surface area contributed by atoms with Gasteiger partial charge in [-0.2, -0.15) is 0 Å². The number of piperidine rings is 1. The van der Waals surface area contributed by atoms with Crippen LogP contribution in [0.4, 0.5) is 0 Å². The number of pyridine rings is 2.